The number of rotatable bonds is 2. The summed E-state index contributed by atoms with van der Waals surface area (Å²) in [6.45, 7) is 0. The number of halogens is 3. The monoisotopic (exact) mass is 247 g/mol. The molecule has 16 heavy (non-hydrogen) atoms. The van der Waals surface area contributed by atoms with Gasteiger partial charge in [-0.1, -0.05) is 0 Å². The Hall–Kier alpha value is -1.63. The quantitative estimate of drug-likeness (QED) is 0.766. The molecule has 0 unspecified atom stereocenters. The van der Waals surface area contributed by atoms with Gasteiger partial charge in [0.05, 0.1) is 11.1 Å². The molecule has 0 N–H and O–H groups in total. The lowest BCUT2D eigenvalue weighted by Crippen LogP contribution is -2.03. The Morgan fingerprint density at radius 3 is 2.69 bits per heavy atom. The van der Waals surface area contributed by atoms with E-state index >= 15 is 0 Å². The van der Waals surface area contributed by atoms with Crippen LogP contribution in [0.4, 0.5) is 13.2 Å². The third-order valence-corrected chi connectivity index (χ3v) is 2.76. The molecule has 0 aliphatic heterocycles. The zero-order valence-corrected chi connectivity index (χ0v) is 8.43. The number of ketones is 1. The molecule has 2 rings (SSSR count). The SMILES string of the molecule is O=C(c1ccco1)c1cnc(C(F)(F)F)s1. The van der Waals surface area contributed by atoms with Crippen molar-refractivity contribution in [1.82, 2.24) is 4.98 Å². The van der Waals surface area contributed by atoms with Crippen molar-refractivity contribution in [3.63, 3.8) is 0 Å². The lowest BCUT2D eigenvalue weighted by molar-refractivity contribution is -0.137. The lowest BCUT2D eigenvalue weighted by Gasteiger charge is -1.98. The minimum Gasteiger partial charge on any atom is -0.461 e. The Morgan fingerprint density at radius 1 is 1.44 bits per heavy atom. The third-order valence-electron chi connectivity index (χ3n) is 1.72. The van der Waals surface area contributed by atoms with Crippen LogP contribution in [-0.4, -0.2) is 10.8 Å². The second-order valence-corrected chi connectivity index (χ2v) is 3.86. The van der Waals surface area contributed by atoms with Crippen LogP contribution < -0.4 is 0 Å². The Morgan fingerprint density at radius 2 is 2.19 bits per heavy atom. The first-order valence-electron chi connectivity index (χ1n) is 4.09. The summed E-state index contributed by atoms with van der Waals surface area (Å²) >= 11 is 0.301. The van der Waals surface area contributed by atoms with Crippen LogP contribution in [0.2, 0.25) is 0 Å². The summed E-state index contributed by atoms with van der Waals surface area (Å²) in [7, 11) is 0. The standard InChI is InChI=1S/C9H4F3NO2S/c10-9(11,12)8-13-4-6(16-8)7(14)5-2-1-3-15-5/h1-4H. The zero-order valence-electron chi connectivity index (χ0n) is 7.62. The summed E-state index contributed by atoms with van der Waals surface area (Å²) in [6.07, 6.45) is -2.34. The Bertz CT molecular complexity index is 501. The molecule has 7 heteroatoms. The van der Waals surface area contributed by atoms with Gasteiger partial charge in [-0.05, 0) is 12.1 Å². The van der Waals surface area contributed by atoms with Gasteiger partial charge in [-0.2, -0.15) is 13.2 Å². The molecule has 2 aromatic rings. The van der Waals surface area contributed by atoms with Gasteiger partial charge in [0, 0.05) is 6.20 Å². The Balaban J connectivity index is 2.30. The van der Waals surface area contributed by atoms with Gasteiger partial charge in [0.2, 0.25) is 5.78 Å². The fraction of sp³-hybridized carbons (Fsp3) is 0.111. The number of aromatic nitrogens is 1. The number of carbonyl (C=O) groups excluding carboxylic acids is 1. The highest BCUT2D eigenvalue weighted by atomic mass is 32.1. The second kappa shape index (κ2) is 3.75. The van der Waals surface area contributed by atoms with E-state index < -0.39 is 17.0 Å². The van der Waals surface area contributed by atoms with Crippen LogP contribution in [0.1, 0.15) is 20.4 Å². The fourth-order valence-electron chi connectivity index (χ4n) is 1.04. The van der Waals surface area contributed by atoms with Gasteiger partial charge in [-0.3, -0.25) is 4.79 Å². The number of nitrogens with zero attached hydrogens (tertiary/aromatic N) is 1. The van der Waals surface area contributed by atoms with E-state index in [2.05, 4.69) is 4.98 Å². The molecule has 0 saturated heterocycles. The molecule has 0 aliphatic carbocycles. The van der Waals surface area contributed by atoms with Crippen LogP contribution in [0.3, 0.4) is 0 Å². The molecule has 0 saturated carbocycles. The van der Waals surface area contributed by atoms with Crippen molar-refractivity contribution in [1.29, 1.82) is 0 Å². The third kappa shape index (κ3) is 1.99. The highest BCUT2D eigenvalue weighted by Crippen LogP contribution is 2.33. The van der Waals surface area contributed by atoms with Gasteiger partial charge in [0.1, 0.15) is 0 Å². The van der Waals surface area contributed by atoms with E-state index in [1.54, 1.807) is 0 Å². The van der Waals surface area contributed by atoms with Crippen LogP contribution in [-0.2, 0) is 6.18 Å². The van der Waals surface area contributed by atoms with Crippen molar-refractivity contribution < 1.29 is 22.4 Å². The molecule has 0 radical (unpaired) electrons. The molecule has 2 heterocycles. The summed E-state index contributed by atoms with van der Waals surface area (Å²) in [5.41, 5.74) is 0. The fourth-order valence-corrected chi connectivity index (χ4v) is 1.77. The molecule has 2 aromatic heterocycles. The molecule has 0 aromatic carbocycles. The van der Waals surface area contributed by atoms with Crippen LogP contribution >= 0.6 is 11.3 Å². The van der Waals surface area contributed by atoms with Crippen molar-refractivity contribution in [2.45, 2.75) is 6.18 Å². The topological polar surface area (TPSA) is 43.1 Å². The van der Waals surface area contributed by atoms with E-state index in [0.29, 0.717) is 11.3 Å². The maximum atomic E-state index is 12.2. The van der Waals surface area contributed by atoms with Gasteiger partial charge in [0.25, 0.3) is 0 Å². The van der Waals surface area contributed by atoms with Gasteiger partial charge in [0.15, 0.2) is 10.8 Å². The predicted octanol–water partition coefficient (Wildman–Crippen LogP) is 2.99. The van der Waals surface area contributed by atoms with Crippen molar-refractivity contribution in [2.75, 3.05) is 0 Å². The smallest absolute Gasteiger partial charge is 0.443 e. The number of alkyl halides is 3. The molecule has 0 fully saturated rings. The molecule has 0 aliphatic rings. The number of thiazole rings is 1. The summed E-state index contributed by atoms with van der Waals surface area (Å²) in [6, 6.07) is 2.87. The maximum absolute atomic E-state index is 12.2. The molecule has 0 spiro atoms. The van der Waals surface area contributed by atoms with Crippen LogP contribution in [0, 0.1) is 0 Å². The van der Waals surface area contributed by atoms with E-state index in [9.17, 15) is 18.0 Å². The molecular weight excluding hydrogens is 243 g/mol. The van der Waals surface area contributed by atoms with Crippen LogP contribution in [0.5, 0.6) is 0 Å². The first-order chi connectivity index (χ1) is 7.48. The Kier molecular flexibility index (Phi) is 2.55. The molecular formula is C9H4F3NO2S. The zero-order chi connectivity index (χ0) is 11.8. The molecule has 84 valence electrons. The van der Waals surface area contributed by atoms with Crippen molar-refractivity contribution >= 4 is 17.1 Å². The first kappa shape index (κ1) is 10.9. The lowest BCUT2D eigenvalue weighted by atomic mass is 10.3. The van der Waals surface area contributed by atoms with Gasteiger partial charge >= 0.3 is 6.18 Å². The minimum absolute atomic E-state index is 0.00243. The van der Waals surface area contributed by atoms with E-state index in [4.69, 9.17) is 4.42 Å². The summed E-state index contributed by atoms with van der Waals surface area (Å²) < 4.78 is 41.5. The van der Waals surface area contributed by atoms with Crippen molar-refractivity contribution in [3.05, 3.63) is 40.2 Å². The van der Waals surface area contributed by atoms with E-state index in [1.165, 1.54) is 18.4 Å². The normalized spacial score (nSPS) is 11.7. The van der Waals surface area contributed by atoms with Crippen molar-refractivity contribution in [2.24, 2.45) is 0 Å². The van der Waals surface area contributed by atoms with Gasteiger partial charge < -0.3 is 4.42 Å². The van der Waals surface area contributed by atoms with Gasteiger partial charge in [-0.25, -0.2) is 4.98 Å². The first-order valence-corrected chi connectivity index (χ1v) is 4.91. The van der Waals surface area contributed by atoms with Gasteiger partial charge in [-0.15, -0.1) is 11.3 Å². The number of hydrogen-bond donors (Lipinski definition) is 0. The molecule has 3 nitrogen and oxygen atoms in total. The number of furan rings is 1. The highest BCUT2D eigenvalue weighted by Gasteiger charge is 2.35. The Labute approximate surface area is 91.5 Å². The van der Waals surface area contributed by atoms with E-state index in [1.807, 2.05) is 0 Å². The highest BCUT2D eigenvalue weighted by molar-refractivity contribution is 7.13. The summed E-state index contributed by atoms with van der Waals surface area (Å²) in [5, 5.41) is -1.04. The summed E-state index contributed by atoms with van der Waals surface area (Å²) in [4.78, 5) is 14.6. The predicted molar refractivity (Wildman–Crippen MR) is 49.3 cm³/mol. The average molecular weight is 247 g/mol. The second-order valence-electron chi connectivity index (χ2n) is 2.83. The molecule has 0 amide bonds. The van der Waals surface area contributed by atoms with E-state index in [-0.39, 0.29) is 10.6 Å². The average Bonchev–Trinajstić information content (AvgIpc) is 2.87. The maximum Gasteiger partial charge on any atom is 0.443 e. The van der Waals surface area contributed by atoms with Crippen molar-refractivity contribution in [3.8, 4) is 0 Å². The largest absolute Gasteiger partial charge is 0.461 e. The molecule has 0 bridgehead atoms. The molecule has 0 atom stereocenters. The summed E-state index contributed by atoms with van der Waals surface area (Å²) in [5.74, 6) is -0.602. The minimum atomic E-state index is -4.52. The van der Waals surface area contributed by atoms with Crippen LogP contribution in [0.15, 0.2) is 29.0 Å². The number of hydrogen-bond acceptors (Lipinski definition) is 4. The number of carbonyl (C=O) groups is 1. The van der Waals surface area contributed by atoms with Crippen LogP contribution in [0.25, 0.3) is 0 Å². The van der Waals surface area contributed by atoms with E-state index in [0.717, 1.165) is 6.20 Å².